The van der Waals surface area contributed by atoms with Gasteiger partial charge in [0, 0.05) is 24.8 Å². The summed E-state index contributed by atoms with van der Waals surface area (Å²) >= 11 is 0. The van der Waals surface area contributed by atoms with Crippen LogP contribution in [-0.4, -0.2) is 28.9 Å². The van der Waals surface area contributed by atoms with Gasteiger partial charge < -0.3 is 19.1 Å². The van der Waals surface area contributed by atoms with Gasteiger partial charge in [-0.2, -0.15) is 0 Å². The molecule has 0 aliphatic carbocycles. The van der Waals surface area contributed by atoms with Gasteiger partial charge in [0.15, 0.2) is 6.23 Å². The Morgan fingerprint density at radius 1 is 1.67 bits per heavy atom. The largest absolute Gasteiger partial charge is 0.846 e. The molecule has 1 aliphatic rings. The third kappa shape index (κ3) is 2.54. The Morgan fingerprint density at radius 3 is 3.17 bits per heavy atom. The van der Waals surface area contributed by atoms with Crippen LogP contribution < -0.4 is 10.6 Å². The van der Waals surface area contributed by atoms with Crippen molar-refractivity contribution >= 4 is 0 Å². The highest BCUT2D eigenvalue weighted by molar-refractivity contribution is 5.06. The Morgan fingerprint density at radius 2 is 2.44 bits per heavy atom. The lowest BCUT2D eigenvalue weighted by Gasteiger charge is -2.26. The van der Waals surface area contributed by atoms with E-state index in [1.54, 1.807) is 13.1 Å². The summed E-state index contributed by atoms with van der Waals surface area (Å²) in [5, 5.41) is 19.3. The molecule has 1 aliphatic heterocycles. The molecule has 0 amide bonds. The molecule has 18 heavy (non-hydrogen) atoms. The fourth-order valence-corrected chi connectivity index (χ4v) is 2.00. The molecule has 2 rings (SSSR count). The molecule has 0 spiro atoms. The normalized spacial score (nSPS) is 23.4. The van der Waals surface area contributed by atoms with Gasteiger partial charge in [0.1, 0.15) is 11.6 Å². The van der Waals surface area contributed by atoms with Crippen molar-refractivity contribution in [1.82, 2.24) is 9.55 Å². The Bertz CT molecular complexity index is 472. The number of nitrogens with one attached hydrogen (secondary N) is 1. The third-order valence-electron chi connectivity index (χ3n) is 2.95. The maximum Gasteiger partial charge on any atom is 0.160 e. The first-order chi connectivity index (χ1) is 8.63. The average Bonchev–Trinajstić information content (AvgIpc) is 2.79. The molecule has 1 aromatic heterocycles. The van der Waals surface area contributed by atoms with Gasteiger partial charge in [0.25, 0.3) is 0 Å². The molecule has 0 aromatic carbocycles. The number of aryl methyl sites for hydroxylation is 1. The van der Waals surface area contributed by atoms with E-state index in [0.717, 1.165) is 12.8 Å². The van der Waals surface area contributed by atoms with Crippen LogP contribution in [0, 0.1) is 12.3 Å². The van der Waals surface area contributed by atoms with E-state index in [4.69, 9.17) is 14.9 Å². The van der Waals surface area contributed by atoms with Crippen LogP contribution >= 0.6 is 0 Å². The van der Waals surface area contributed by atoms with Gasteiger partial charge in [-0.3, -0.25) is 5.41 Å². The van der Waals surface area contributed by atoms with Gasteiger partial charge in [0.2, 0.25) is 0 Å². The van der Waals surface area contributed by atoms with Crippen LogP contribution in [0.5, 0.6) is 6.01 Å². The van der Waals surface area contributed by atoms with Gasteiger partial charge in [0.05, 0.1) is 12.6 Å². The smallest absolute Gasteiger partial charge is 0.160 e. The number of hydrogen-bond donors (Lipinski definition) is 1. The first-order valence-electron chi connectivity index (χ1n) is 6.18. The molecule has 2 atom stereocenters. The van der Waals surface area contributed by atoms with Gasteiger partial charge in [-0.25, -0.2) is 4.98 Å². The second-order valence-electron chi connectivity index (χ2n) is 4.42. The lowest BCUT2D eigenvalue weighted by Crippen LogP contribution is -2.28. The summed E-state index contributed by atoms with van der Waals surface area (Å²) in [5.41, 5.74) is 0.666. The maximum absolute atomic E-state index is 11.8. The van der Waals surface area contributed by atoms with Crippen molar-refractivity contribution in [1.29, 1.82) is 5.41 Å². The summed E-state index contributed by atoms with van der Waals surface area (Å²) in [6.07, 6.45) is 2.80. The topological polar surface area (TPSA) is 83.2 Å². The zero-order valence-corrected chi connectivity index (χ0v) is 10.7. The molecule has 0 saturated carbocycles. The predicted molar refractivity (Wildman–Crippen MR) is 61.9 cm³/mol. The SMILES string of the molecule is CCCOC1CCO[C@H]1n1cc(C)c(=N)nc1[O-]. The monoisotopic (exact) mass is 252 g/mol. The van der Waals surface area contributed by atoms with Crippen LogP contribution in [0.4, 0.5) is 0 Å². The molecule has 1 saturated heterocycles. The van der Waals surface area contributed by atoms with E-state index in [1.165, 1.54) is 4.57 Å². The molecule has 6 heteroatoms. The van der Waals surface area contributed by atoms with Crippen molar-refractivity contribution in [3.05, 3.63) is 17.2 Å². The van der Waals surface area contributed by atoms with E-state index in [-0.39, 0.29) is 11.6 Å². The number of hydrogen-bond acceptors (Lipinski definition) is 5. The molecule has 2 heterocycles. The molecule has 6 nitrogen and oxygen atoms in total. The molecule has 1 fully saturated rings. The standard InChI is InChI=1S/C12H19N3O3/c1-3-5-17-9-4-6-18-11(9)15-7-8(2)10(13)14-12(15)16/h7,9,11H,3-6H2,1-2H3,(H2,13,14,16)/p-1/t9?,11-/m1/s1. The highest BCUT2D eigenvalue weighted by Gasteiger charge is 2.30. The van der Waals surface area contributed by atoms with E-state index in [2.05, 4.69) is 4.98 Å². The zero-order valence-electron chi connectivity index (χ0n) is 10.7. The Kier molecular flexibility index (Phi) is 3.98. The molecular formula is C12H18N3O3-. The van der Waals surface area contributed by atoms with E-state index < -0.39 is 12.2 Å². The van der Waals surface area contributed by atoms with Crippen molar-refractivity contribution in [2.75, 3.05) is 13.2 Å². The van der Waals surface area contributed by atoms with Crippen molar-refractivity contribution in [2.24, 2.45) is 0 Å². The predicted octanol–water partition coefficient (Wildman–Crippen LogP) is 0.459. The van der Waals surface area contributed by atoms with Crippen molar-refractivity contribution in [2.45, 2.75) is 39.0 Å². The molecule has 0 radical (unpaired) electrons. The van der Waals surface area contributed by atoms with Gasteiger partial charge in [-0.15, -0.1) is 0 Å². The average molecular weight is 252 g/mol. The Labute approximate surface area is 106 Å². The van der Waals surface area contributed by atoms with E-state index in [0.29, 0.717) is 18.8 Å². The highest BCUT2D eigenvalue weighted by atomic mass is 16.6. The number of rotatable bonds is 4. The first kappa shape index (κ1) is 13.0. The van der Waals surface area contributed by atoms with Crippen molar-refractivity contribution in [3.63, 3.8) is 0 Å². The maximum atomic E-state index is 11.8. The summed E-state index contributed by atoms with van der Waals surface area (Å²) in [5.74, 6) is 0. The quantitative estimate of drug-likeness (QED) is 0.843. The molecule has 100 valence electrons. The second kappa shape index (κ2) is 5.49. The van der Waals surface area contributed by atoms with Crippen molar-refractivity contribution < 1.29 is 14.6 Å². The lowest BCUT2D eigenvalue weighted by atomic mass is 10.2. The van der Waals surface area contributed by atoms with Gasteiger partial charge >= 0.3 is 0 Å². The van der Waals surface area contributed by atoms with Crippen LogP contribution in [0.15, 0.2) is 6.20 Å². The van der Waals surface area contributed by atoms with Crippen molar-refractivity contribution in [3.8, 4) is 6.01 Å². The molecule has 1 aromatic rings. The number of ether oxygens (including phenoxy) is 2. The van der Waals surface area contributed by atoms with Crippen LogP contribution in [0.3, 0.4) is 0 Å². The summed E-state index contributed by atoms with van der Waals surface area (Å²) in [7, 11) is 0. The van der Waals surface area contributed by atoms with Gasteiger partial charge in [-0.05, 0) is 13.3 Å². The van der Waals surface area contributed by atoms with Crippen LogP contribution in [0.2, 0.25) is 0 Å². The van der Waals surface area contributed by atoms with Gasteiger partial charge in [-0.1, -0.05) is 6.92 Å². The molecule has 1 N–H and O–H groups in total. The summed E-state index contributed by atoms with van der Waals surface area (Å²) in [4.78, 5) is 3.67. The minimum atomic E-state index is -0.456. The minimum absolute atomic E-state index is 0.0141. The second-order valence-corrected chi connectivity index (χ2v) is 4.42. The van der Waals surface area contributed by atoms with Crippen LogP contribution in [-0.2, 0) is 9.47 Å². The zero-order chi connectivity index (χ0) is 13.1. The first-order valence-corrected chi connectivity index (χ1v) is 6.18. The Hall–Kier alpha value is -1.40. The number of aromatic nitrogens is 2. The van der Waals surface area contributed by atoms with E-state index in [9.17, 15) is 5.11 Å². The summed E-state index contributed by atoms with van der Waals surface area (Å²) < 4.78 is 12.7. The highest BCUT2D eigenvalue weighted by Crippen LogP contribution is 2.28. The molecule has 0 bridgehead atoms. The fourth-order valence-electron chi connectivity index (χ4n) is 2.00. The summed E-state index contributed by atoms with van der Waals surface area (Å²) in [6, 6.07) is -0.456. The molecule has 1 unspecified atom stereocenters. The number of nitrogens with zero attached hydrogens (tertiary/aromatic N) is 2. The lowest BCUT2D eigenvalue weighted by molar-refractivity contribution is -0.291. The summed E-state index contributed by atoms with van der Waals surface area (Å²) in [6.45, 7) is 5.02. The Balaban J connectivity index is 2.24. The van der Waals surface area contributed by atoms with Crippen LogP contribution in [0.25, 0.3) is 0 Å². The van der Waals surface area contributed by atoms with E-state index in [1.807, 2.05) is 6.92 Å². The van der Waals surface area contributed by atoms with E-state index >= 15 is 0 Å². The minimum Gasteiger partial charge on any atom is -0.846 e. The molecular weight excluding hydrogens is 234 g/mol. The third-order valence-corrected chi connectivity index (χ3v) is 2.95. The van der Waals surface area contributed by atoms with Crippen LogP contribution in [0.1, 0.15) is 31.6 Å². The fraction of sp³-hybridized carbons (Fsp3) is 0.667.